The third-order valence-corrected chi connectivity index (χ3v) is 2.65. The summed E-state index contributed by atoms with van der Waals surface area (Å²) < 4.78 is 5.17. The molecule has 1 aliphatic carbocycles. The highest BCUT2D eigenvalue weighted by atomic mass is 16.3. The fourth-order valence-electron chi connectivity index (χ4n) is 1.43. The lowest BCUT2D eigenvalue weighted by Crippen LogP contribution is -2.07. The molecule has 0 amide bonds. The summed E-state index contributed by atoms with van der Waals surface area (Å²) in [6.07, 6.45) is 5.49. The molecule has 0 aliphatic heterocycles. The topological polar surface area (TPSA) is 33.4 Å². The van der Waals surface area contributed by atoms with E-state index in [2.05, 4.69) is 0 Å². The van der Waals surface area contributed by atoms with Gasteiger partial charge in [-0.1, -0.05) is 0 Å². The van der Waals surface area contributed by atoms with E-state index in [1.165, 1.54) is 5.56 Å². The zero-order valence-electron chi connectivity index (χ0n) is 7.34. The zero-order chi connectivity index (χ0) is 8.60. The highest BCUT2D eigenvalue weighted by Crippen LogP contribution is 2.39. The predicted octanol–water partition coefficient (Wildman–Crippen LogP) is 2.05. The first-order valence-corrected chi connectivity index (χ1v) is 4.45. The standard InChI is InChI=1S/C10H14O2/c1-8-9(3-7-12-8)2-4-10(11)5-6-10/h3,7,11H,2,4-6H2,1H3. The maximum atomic E-state index is 9.59. The Morgan fingerprint density at radius 2 is 2.33 bits per heavy atom. The average molecular weight is 166 g/mol. The van der Waals surface area contributed by atoms with Crippen LogP contribution in [0, 0.1) is 6.92 Å². The lowest BCUT2D eigenvalue weighted by Gasteiger charge is -2.05. The molecule has 1 fully saturated rings. The van der Waals surface area contributed by atoms with Crippen LogP contribution in [-0.4, -0.2) is 10.7 Å². The van der Waals surface area contributed by atoms with Gasteiger partial charge in [-0.05, 0) is 44.2 Å². The van der Waals surface area contributed by atoms with Crippen LogP contribution in [-0.2, 0) is 6.42 Å². The highest BCUT2D eigenvalue weighted by molar-refractivity contribution is 5.16. The van der Waals surface area contributed by atoms with E-state index in [0.717, 1.165) is 31.4 Å². The van der Waals surface area contributed by atoms with Crippen molar-refractivity contribution in [1.29, 1.82) is 0 Å². The van der Waals surface area contributed by atoms with E-state index in [1.807, 2.05) is 13.0 Å². The first kappa shape index (κ1) is 7.87. The molecule has 0 bridgehead atoms. The summed E-state index contributed by atoms with van der Waals surface area (Å²) in [5.41, 5.74) is 0.902. The van der Waals surface area contributed by atoms with Crippen molar-refractivity contribution < 1.29 is 9.52 Å². The Balaban J connectivity index is 1.91. The van der Waals surface area contributed by atoms with Gasteiger partial charge in [-0.3, -0.25) is 0 Å². The van der Waals surface area contributed by atoms with Gasteiger partial charge in [0, 0.05) is 0 Å². The van der Waals surface area contributed by atoms with Gasteiger partial charge in [0.2, 0.25) is 0 Å². The van der Waals surface area contributed by atoms with Crippen molar-refractivity contribution in [1.82, 2.24) is 0 Å². The maximum Gasteiger partial charge on any atom is 0.103 e. The van der Waals surface area contributed by atoms with Crippen LogP contribution in [0.3, 0.4) is 0 Å². The van der Waals surface area contributed by atoms with Gasteiger partial charge in [0.15, 0.2) is 0 Å². The molecule has 0 saturated heterocycles. The van der Waals surface area contributed by atoms with Gasteiger partial charge in [0.25, 0.3) is 0 Å². The van der Waals surface area contributed by atoms with Gasteiger partial charge in [0.05, 0.1) is 11.9 Å². The molecular formula is C10H14O2. The lowest BCUT2D eigenvalue weighted by atomic mass is 10.1. The van der Waals surface area contributed by atoms with E-state index in [-0.39, 0.29) is 5.60 Å². The molecule has 66 valence electrons. The number of furan rings is 1. The van der Waals surface area contributed by atoms with Gasteiger partial charge in [-0.25, -0.2) is 0 Å². The van der Waals surface area contributed by atoms with E-state index < -0.39 is 0 Å². The lowest BCUT2D eigenvalue weighted by molar-refractivity contribution is 0.140. The number of rotatable bonds is 3. The molecule has 1 saturated carbocycles. The second-order valence-electron chi connectivity index (χ2n) is 3.73. The number of aryl methyl sites for hydroxylation is 2. The van der Waals surface area contributed by atoms with Gasteiger partial charge < -0.3 is 9.52 Å². The molecule has 12 heavy (non-hydrogen) atoms. The molecule has 0 atom stereocenters. The molecule has 0 unspecified atom stereocenters. The van der Waals surface area contributed by atoms with Crippen LogP contribution in [0.1, 0.15) is 30.6 Å². The minimum atomic E-state index is -0.330. The number of hydrogen-bond donors (Lipinski definition) is 1. The third kappa shape index (κ3) is 1.53. The van der Waals surface area contributed by atoms with E-state index in [0.29, 0.717) is 0 Å². The van der Waals surface area contributed by atoms with Crippen LogP contribution in [0.2, 0.25) is 0 Å². The van der Waals surface area contributed by atoms with Gasteiger partial charge in [0.1, 0.15) is 5.76 Å². The van der Waals surface area contributed by atoms with Crippen LogP contribution in [0.4, 0.5) is 0 Å². The number of aliphatic hydroxyl groups is 1. The smallest absolute Gasteiger partial charge is 0.103 e. The molecule has 1 aliphatic rings. The Morgan fingerprint density at radius 1 is 1.58 bits per heavy atom. The maximum absolute atomic E-state index is 9.59. The minimum Gasteiger partial charge on any atom is -0.469 e. The summed E-state index contributed by atoms with van der Waals surface area (Å²) in [6, 6.07) is 1.99. The Bertz CT molecular complexity index is 271. The first-order valence-electron chi connectivity index (χ1n) is 4.45. The van der Waals surface area contributed by atoms with Gasteiger partial charge in [-0.15, -0.1) is 0 Å². The summed E-state index contributed by atoms with van der Waals surface area (Å²) in [5.74, 6) is 0.985. The Labute approximate surface area is 72.2 Å². The SMILES string of the molecule is Cc1occc1CCC1(O)CC1. The highest BCUT2D eigenvalue weighted by Gasteiger charge is 2.39. The molecule has 2 heteroatoms. The summed E-state index contributed by atoms with van der Waals surface area (Å²) in [6.45, 7) is 1.96. The molecule has 0 aromatic carbocycles. The van der Waals surface area contributed by atoms with Gasteiger partial charge in [-0.2, -0.15) is 0 Å². The van der Waals surface area contributed by atoms with Crippen LogP contribution < -0.4 is 0 Å². The normalized spacial score (nSPS) is 19.5. The van der Waals surface area contributed by atoms with E-state index in [9.17, 15) is 5.11 Å². The van der Waals surface area contributed by atoms with Crippen molar-refractivity contribution in [2.75, 3.05) is 0 Å². The van der Waals surface area contributed by atoms with Crippen LogP contribution in [0.5, 0.6) is 0 Å². The summed E-state index contributed by atoms with van der Waals surface area (Å²) in [7, 11) is 0. The average Bonchev–Trinajstić information content (AvgIpc) is 2.61. The van der Waals surface area contributed by atoms with E-state index in [1.54, 1.807) is 6.26 Å². The van der Waals surface area contributed by atoms with Gasteiger partial charge >= 0.3 is 0 Å². The fraction of sp³-hybridized carbons (Fsp3) is 0.600. The molecule has 0 radical (unpaired) electrons. The first-order chi connectivity index (χ1) is 5.70. The largest absolute Gasteiger partial charge is 0.469 e. The van der Waals surface area contributed by atoms with E-state index >= 15 is 0 Å². The molecule has 0 spiro atoms. The summed E-state index contributed by atoms with van der Waals surface area (Å²) in [5, 5.41) is 9.59. The Hall–Kier alpha value is -0.760. The summed E-state index contributed by atoms with van der Waals surface area (Å²) >= 11 is 0. The number of hydrogen-bond acceptors (Lipinski definition) is 2. The predicted molar refractivity (Wildman–Crippen MR) is 45.9 cm³/mol. The van der Waals surface area contributed by atoms with E-state index in [4.69, 9.17) is 4.42 Å². The Kier molecular flexibility index (Phi) is 1.72. The van der Waals surface area contributed by atoms with Crippen molar-refractivity contribution in [3.8, 4) is 0 Å². The third-order valence-electron chi connectivity index (χ3n) is 2.65. The molecule has 1 heterocycles. The summed E-state index contributed by atoms with van der Waals surface area (Å²) in [4.78, 5) is 0. The molecule has 2 rings (SSSR count). The molecule has 2 nitrogen and oxygen atoms in total. The van der Waals surface area contributed by atoms with Crippen molar-refractivity contribution in [3.05, 3.63) is 23.7 Å². The molecule has 1 aromatic rings. The molecule has 1 aromatic heterocycles. The molecule has 1 N–H and O–H groups in total. The quantitative estimate of drug-likeness (QED) is 0.745. The Morgan fingerprint density at radius 3 is 2.83 bits per heavy atom. The second-order valence-corrected chi connectivity index (χ2v) is 3.73. The fourth-order valence-corrected chi connectivity index (χ4v) is 1.43. The van der Waals surface area contributed by atoms with Crippen molar-refractivity contribution in [2.45, 2.75) is 38.2 Å². The van der Waals surface area contributed by atoms with Crippen molar-refractivity contribution >= 4 is 0 Å². The van der Waals surface area contributed by atoms with Crippen molar-refractivity contribution in [2.24, 2.45) is 0 Å². The van der Waals surface area contributed by atoms with Crippen LogP contribution >= 0.6 is 0 Å². The molecular weight excluding hydrogens is 152 g/mol. The van der Waals surface area contributed by atoms with Crippen LogP contribution in [0.15, 0.2) is 16.7 Å². The van der Waals surface area contributed by atoms with Crippen molar-refractivity contribution in [3.63, 3.8) is 0 Å². The van der Waals surface area contributed by atoms with Crippen LogP contribution in [0.25, 0.3) is 0 Å². The zero-order valence-corrected chi connectivity index (χ0v) is 7.34. The second kappa shape index (κ2) is 2.63. The minimum absolute atomic E-state index is 0.330. The monoisotopic (exact) mass is 166 g/mol.